The summed E-state index contributed by atoms with van der Waals surface area (Å²) in [6.07, 6.45) is 0.888. The van der Waals surface area contributed by atoms with E-state index in [1.807, 2.05) is 57.1 Å². The van der Waals surface area contributed by atoms with Gasteiger partial charge in [-0.1, -0.05) is 19.1 Å². The number of nitrogens with one attached hydrogen (secondary N) is 1. The van der Waals surface area contributed by atoms with Crippen molar-refractivity contribution in [2.75, 3.05) is 19.0 Å². The van der Waals surface area contributed by atoms with Gasteiger partial charge in [-0.25, -0.2) is 4.79 Å². The highest BCUT2D eigenvalue weighted by molar-refractivity contribution is 5.80. The maximum absolute atomic E-state index is 11.6. The van der Waals surface area contributed by atoms with Gasteiger partial charge in [-0.2, -0.15) is 0 Å². The Hall–Kier alpha value is -1.55. The Labute approximate surface area is 115 Å². The molecule has 1 rings (SSSR count). The van der Waals surface area contributed by atoms with Crippen molar-refractivity contribution in [1.29, 1.82) is 0 Å². The number of carboxylic acids is 1. The molecule has 19 heavy (non-hydrogen) atoms. The van der Waals surface area contributed by atoms with E-state index in [1.54, 1.807) is 6.92 Å². The van der Waals surface area contributed by atoms with Crippen LogP contribution in [0.1, 0.15) is 32.8 Å². The van der Waals surface area contributed by atoms with Gasteiger partial charge in [-0.3, -0.25) is 5.32 Å². The van der Waals surface area contributed by atoms with E-state index in [2.05, 4.69) is 5.32 Å². The highest BCUT2D eigenvalue weighted by Gasteiger charge is 2.35. The second-order valence-electron chi connectivity index (χ2n) is 5.33. The standard InChI is InChI=1S/C15H24N2O2/c1-6-11(2)16-15(3,14(18)19)12-7-9-13(10-8-12)17(4)5/h7-11,16H,6H2,1-5H3,(H,18,19). The first-order valence-electron chi connectivity index (χ1n) is 6.60. The average Bonchev–Trinajstić information content (AvgIpc) is 2.38. The van der Waals surface area contributed by atoms with Gasteiger partial charge in [0.1, 0.15) is 5.54 Å². The van der Waals surface area contributed by atoms with Gasteiger partial charge < -0.3 is 10.0 Å². The first-order valence-corrected chi connectivity index (χ1v) is 6.60. The van der Waals surface area contributed by atoms with Crippen molar-refractivity contribution >= 4 is 11.7 Å². The fourth-order valence-corrected chi connectivity index (χ4v) is 1.96. The van der Waals surface area contributed by atoms with Gasteiger partial charge in [0.25, 0.3) is 0 Å². The Bertz CT molecular complexity index is 428. The van der Waals surface area contributed by atoms with Crippen LogP contribution in [-0.4, -0.2) is 31.2 Å². The van der Waals surface area contributed by atoms with Gasteiger partial charge in [-0.05, 0) is 38.0 Å². The van der Waals surface area contributed by atoms with Crippen LogP contribution in [0, 0.1) is 0 Å². The molecule has 0 heterocycles. The summed E-state index contributed by atoms with van der Waals surface area (Å²) in [5.41, 5.74) is 0.770. The molecule has 4 heteroatoms. The van der Waals surface area contributed by atoms with Crippen molar-refractivity contribution in [1.82, 2.24) is 5.32 Å². The summed E-state index contributed by atoms with van der Waals surface area (Å²) in [4.78, 5) is 13.6. The fraction of sp³-hybridized carbons (Fsp3) is 0.533. The second-order valence-corrected chi connectivity index (χ2v) is 5.33. The minimum Gasteiger partial charge on any atom is -0.480 e. The van der Waals surface area contributed by atoms with Crippen molar-refractivity contribution in [2.24, 2.45) is 0 Å². The molecule has 1 aromatic carbocycles. The molecule has 0 saturated heterocycles. The second kappa shape index (κ2) is 6.06. The van der Waals surface area contributed by atoms with Crippen LogP contribution < -0.4 is 10.2 Å². The van der Waals surface area contributed by atoms with E-state index in [4.69, 9.17) is 0 Å². The Morgan fingerprint density at radius 3 is 2.26 bits per heavy atom. The van der Waals surface area contributed by atoms with Gasteiger partial charge in [0.2, 0.25) is 0 Å². The molecule has 0 aliphatic carbocycles. The molecule has 0 fully saturated rings. The van der Waals surface area contributed by atoms with Crippen LogP contribution in [0.3, 0.4) is 0 Å². The maximum Gasteiger partial charge on any atom is 0.328 e. The molecule has 106 valence electrons. The molecule has 0 amide bonds. The number of anilines is 1. The van der Waals surface area contributed by atoms with E-state index in [9.17, 15) is 9.90 Å². The first kappa shape index (κ1) is 15.5. The predicted molar refractivity (Wildman–Crippen MR) is 78.6 cm³/mol. The molecule has 4 nitrogen and oxygen atoms in total. The van der Waals surface area contributed by atoms with Crippen LogP contribution in [0.4, 0.5) is 5.69 Å². The zero-order valence-corrected chi connectivity index (χ0v) is 12.4. The van der Waals surface area contributed by atoms with Gasteiger partial charge in [-0.15, -0.1) is 0 Å². The normalized spacial score (nSPS) is 15.6. The molecule has 0 radical (unpaired) electrons. The zero-order valence-electron chi connectivity index (χ0n) is 12.4. The predicted octanol–water partition coefficient (Wildman–Crippen LogP) is 2.44. The third-order valence-corrected chi connectivity index (χ3v) is 3.54. The van der Waals surface area contributed by atoms with E-state index < -0.39 is 11.5 Å². The lowest BCUT2D eigenvalue weighted by Crippen LogP contribution is -2.50. The highest BCUT2D eigenvalue weighted by atomic mass is 16.4. The van der Waals surface area contributed by atoms with Gasteiger partial charge in [0, 0.05) is 25.8 Å². The van der Waals surface area contributed by atoms with Crippen molar-refractivity contribution < 1.29 is 9.90 Å². The number of nitrogens with zero attached hydrogens (tertiary/aromatic N) is 1. The summed E-state index contributed by atoms with van der Waals surface area (Å²) >= 11 is 0. The topological polar surface area (TPSA) is 52.6 Å². The molecule has 0 saturated carbocycles. The summed E-state index contributed by atoms with van der Waals surface area (Å²) in [7, 11) is 3.92. The van der Waals surface area contributed by atoms with E-state index in [0.717, 1.165) is 17.7 Å². The summed E-state index contributed by atoms with van der Waals surface area (Å²) in [6.45, 7) is 5.75. The molecule has 0 aliphatic rings. The van der Waals surface area contributed by atoms with Gasteiger partial charge in [0.15, 0.2) is 0 Å². The molecular formula is C15H24N2O2. The molecule has 2 atom stereocenters. The monoisotopic (exact) mass is 264 g/mol. The molecule has 0 spiro atoms. The minimum absolute atomic E-state index is 0.148. The third kappa shape index (κ3) is 3.47. The Kier molecular flexibility index (Phi) is 4.95. The smallest absolute Gasteiger partial charge is 0.328 e. The lowest BCUT2D eigenvalue weighted by atomic mass is 9.90. The Morgan fingerprint density at radius 2 is 1.89 bits per heavy atom. The molecule has 0 aromatic heterocycles. The number of carboxylic acid groups (broad SMARTS) is 1. The summed E-state index contributed by atoms with van der Waals surface area (Å²) in [5, 5.41) is 12.7. The van der Waals surface area contributed by atoms with Crippen LogP contribution in [0.5, 0.6) is 0 Å². The van der Waals surface area contributed by atoms with Crippen LogP contribution in [0.15, 0.2) is 24.3 Å². The van der Waals surface area contributed by atoms with Crippen LogP contribution in [0.25, 0.3) is 0 Å². The van der Waals surface area contributed by atoms with E-state index in [0.29, 0.717) is 0 Å². The number of hydrogen-bond donors (Lipinski definition) is 2. The molecular weight excluding hydrogens is 240 g/mol. The average molecular weight is 264 g/mol. The number of rotatable bonds is 6. The van der Waals surface area contributed by atoms with Crippen molar-refractivity contribution in [2.45, 2.75) is 38.8 Å². The third-order valence-electron chi connectivity index (χ3n) is 3.54. The van der Waals surface area contributed by atoms with Crippen LogP contribution in [-0.2, 0) is 10.3 Å². The number of carbonyl (C=O) groups is 1. The SMILES string of the molecule is CCC(C)NC(C)(C(=O)O)c1ccc(N(C)C)cc1. The Balaban J connectivity index is 3.08. The molecule has 2 N–H and O–H groups in total. The highest BCUT2D eigenvalue weighted by Crippen LogP contribution is 2.24. The van der Waals surface area contributed by atoms with E-state index in [1.165, 1.54) is 0 Å². The van der Waals surface area contributed by atoms with Crippen molar-refractivity contribution in [3.05, 3.63) is 29.8 Å². The minimum atomic E-state index is -1.06. The number of aliphatic carboxylic acids is 1. The first-order chi connectivity index (χ1) is 8.81. The van der Waals surface area contributed by atoms with Gasteiger partial charge >= 0.3 is 5.97 Å². The van der Waals surface area contributed by atoms with Gasteiger partial charge in [0.05, 0.1) is 0 Å². The van der Waals surface area contributed by atoms with Crippen LogP contribution >= 0.6 is 0 Å². The molecule has 2 unspecified atom stereocenters. The number of benzene rings is 1. The molecule has 0 bridgehead atoms. The zero-order chi connectivity index (χ0) is 14.6. The summed E-state index contributed by atoms with van der Waals surface area (Å²) < 4.78 is 0. The van der Waals surface area contributed by atoms with E-state index >= 15 is 0 Å². The molecule has 0 aliphatic heterocycles. The fourth-order valence-electron chi connectivity index (χ4n) is 1.96. The number of hydrogen-bond acceptors (Lipinski definition) is 3. The van der Waals surface area contributed by atoms with E-state index in [-0.39, 0.29) is 6.04 Å². The maximum atomic E-state index is 11.6. The Morgan fingerprint density at radius 1 is 1.37 bits per heavy atom. The van der Waals surface area contributed by atoms with Crippen molar-refractivity contribution in [3.63, 3.8) is 0 Å². The van der Waals surface area contributed by atoms with Crippen molar-refractivity contribution in [3.8, 4) is 0 Å². The lowest BCUT2D eigenvalue weighted by Gasteiger charge is -2.30. The largest absolute Gasteiger partial charge is 0.480 e. The quantitative estimate of drug-likeness (QED) is 0.828. The summed E-state index contributed by atoms with van der Waals surface area (Å²) in [5.74, 6) is -0.856. The van der Waals surface area contributed by atoms with Crippen LogP contribution in [0.2, 0.25) is 0 Å². The molecule has 1 aromatic rings. The lowest BCUT2D eigenvalue weighted by molar-refractivity contribution is -0.145. The summed E-state index contributed by atoms with van der Waals surface area (Å²) in [6, 6.07) is 7.77.